The Hall–Kier alpha value is -0.606. The molecule has 0 aliphatic heterocycles. The van der Waals surface area contributed by atoms with E-state index in [1.807, 2.05) is 0 Å². The third-order valence-corrected chi connectivity index (χ3v) is 6.84. The van der Waals surface area contributed by atoms with Crippen LogP contribution in [0.1, 0.15) is 0 Å². The van der Waals surface area contributed by atoms with Crippen molar-refractivity contribution < 1.29 is 0 Å². The highest BCUT2D eigenvalue weighted by atomic mass is 28.3. The van der Waals surface area contributed by atoms with Gasteiger partial charge < -0.3 is 0 Å². The van der Waals surface area contributed by atoms with Crippen LogP contribution in [0.15, 0.2) is 41.7 Å². The third-order valence-electron chi connectivity index (χ3n) is 2.52. The van der Waals surface area contributed by atoms with Crippen molar-refractivity contribution in [3.8, 4) is 0 Å². The van der Waals surface area contributed by atoms with Crippen LogP contribution in [0.25, 0.3) is 0 Å². The number of rotatable bonds is 3. The summed E-state index contributed by atoms with van der Waals surface area (Å²) in [6.07, 6.45) is 0. The lowest BCUT2D eigenvalue weighted by Crippen LogP contribution is -2.40. The molecule has 0 atom stereocenters. The van der Waals surface area contributed by atoms with Gasteiger partial charge in [-0.15, -0.1) is 5.70 Å². The maximum atomic E-state index is 2.51. The van der Waals surface area contributed by atoms with Gasteiger partial charge >= 0.3 is 0 Å². The zero-order valence-corrected chi connectivity index (χ0v) is 12.5. The topological polar surface area (TPSA) is 0 Å². The monoisotopic (exact) mass is 234 g/mol. The van der Waals surface area contributed by atoms with Crippen LogP contribution in [0, 0.1) is 0 Å². The smallest absolute Gasteiger partial charge is 0.102 e. The summed E-state index contributed by atoms with van der Waals surface area (Å²) in [6, 6.07) is 10.9. The summed E-state index contributed by atoms with van der Waals surface area (Å²) in [5.74, 6) is 0. The molecule has 0 aliphatic carbocycles. The Labute approximate surface area is 96.1 Å². The Balaban J connectivity index is 2.90. The van der Waals surface area contributed by atoms with Gasteiger partial charge in [0.2, 0.25) is 0 Å². The Morgan fingerprint density at radius 3 is 1.80 bits per heavy atom. The minimum Gasteiger partial charge on any atom is -0.102 e. The lowest BCUT2D eigenvalue weighted by atomic mass is 10.4. The fraction of sp³-hybridized carbons (Fsp3) is 0.385. The summed E-state index contributed by atoms with van der Waals surface area (Å²) in [5, 5.41) is 1.53. The van der Waals surface area contributed by atoms with Gasteiger partial charge in [-0.1, -0.05) is 74.0 Å². The van der Waals surface area contributed by atoms with Crippen LogP contribution in [0.4, 0.5) is 0 Å². The van der Waals surface area contributed by atoms with Crippen LogP contribution in [-0.4, -0.2) is 16.1 Å². The molecule has 0 unspecified atom stereocenters. The average Bonchev–Trinajstić information content (AvgIpc) is 2.16. The fourth-order valence-electron chi connectivity index (χ4n) is 1.42. The van der Waals surface area contributed by atoms with Gasteiger partial charge in [0.05, 0.1) is 8.07 Å². The molecule has 0 fully saturated rings. The van der Waals surface area contributed by atoms with Gasteiger partial charge in [-0.25, -0.2) is 0 Å². The summed E-state index contributed by atoms with van der Waals surface area (Å²) >= 11 is 0. The molecule has 0 aliphatic rings. The standard InChI is InChI=1S/C13H22Si2/c1-14(2,3)11-12-15(4,5)13-9-7-6-8-10-13/h6-12H,1-5H3/b12-11-. The van der Waals surface area contributed by atoms with Gasteiger partial charge in [-0.05, 0) is 0 Å². The Kier molecular flexibility index (Phi) is 3.73. The maximum Gasteiger partial charge on any atom is 0.103 e. The number of hydrogen-bond acceptors (Lipinski definition) is 0. The highest BCUT2D eigenvalue weighted by Gasteiger charge is 2.20. The first kappa shape index (κ1) is 12.5. The van der Waals surface area contributed by atoms with Crippen molar-refractivity contribution in [2.45, 2.75) is 32.7 Å². The van der Waals surface area contributed by atoms with Gasteiger partial charge in [0.25, 0.3) is 0 Å². The lowest BCUT2D eigenvalue weighted by Gasteiger charge is -2.20. The van der Waals surface area contributed by atoms with E-state index in [0.717, 1.165) is 0 Å². The molecule has 15 heavy (non-hydrogen) atoms. The Bertz CT molecular complexity index is 331. The molecule has 1 rings (SSSR count). The van der Waals surface area contributed by atoms with E-state index in [2.05, 4.69) is 74.5 Å². The summed E-state index contributed by atoms with van der Waals surface area (Å²) in [5.41, 5.74) is 5.00. The second-order valence-corrected chi connectivity index (χ2v) is 15.2. The molecule has 0 aromatic heterocycles. The second-order valence-electron chi connectivity index (χ2n) is 5.79. The van der Waals surface area contributed by atoms with Gasteiger partial charge in [-0.3, -0.25) is 0 Å². The molecule has 0 N–H and O–H groups in total. The fourth-order valence-corrected chi connectivity index (χ4v) is 6.33. The summed E-state index contributed by atoms with van der Waals surface area (Å²) in [6.45, 7) is 12.0. The molecular weight excluding hydrogens is 212 g/mol. The largest absolute Gasteiger partial charge is 0.103 e. The lowest BCUT2D eigenvalue weighted by molar-refractivity contribution is 1.70. The van der Waals surface area contributed by atoms with Crippen molar-refractivity contribution in [2.24, 2.45) is 0 Å². The summed E-state index contributed by atoms with van der Waals surface area (Å²) in [4.78, 5) is 0. The summed E-state index contributed by atoms with van der Waals surface area (Å²) in [7, 11) is -2.38. The van der Waals surface area contributed by atoms with Crippen LogP contribution in [-0.2, 0) is 0 Å². The second kappa shape index (κ2) is 4.50. The molecule has 0 bridgehead atoms. The zero-order valence-electron chi connectivity index (χ0n) is 10.5. The van der Waals surface area contributed by atoms with Crippen molar-refractivity contribution in [3.05, 3.63) is 41.7 Å². The van der Waals surface area contributed by atoms with Crippen LogP contribution < -0.4 is 5.19 Å². The van der Waals surface area contributed by atoms with Crippen molar-refractivity contribution in [3.63, 3.8) is 0 Å². The van der Waals surface area contributed by atoms with E-state index >= 15 is 0 Å². The highest BCUT2D eigenvalue weighted by Crippen LogP contribution is 2.09. The van der Waals surface area contributed by atoms with E-state index in [9.17, 15) is 0 Å². The molecule has 0 spiro atoms. The Morgan fingerprint density at radius 2 is 1.33 bits per heavy atom. The molecular formula is C13H22Si2. The molecule has 0 heterocycles. The third kappa shape index (κ3) is 4.18. The van der Waals surface area contributed by atoms with Gasteiger partial charge in [0, 0.05) is 0 Å². The number of hydrogen-bond donors (Lipinski definition) is 0. The normalized spacial score (nSPS) is 13.4. The first-order valence-electron chi connectivity index (χ1n) is 5.57. The van der Waals surface area contributed by atoms with Gasteiger partial charge in [-0.2, -0.15) is 0 Å². The molecule has 0 saturated carbocycles. The van der Waals surface area contributed by atoms with Crippen molar-refractivity contribution in [1.82, 2.24) is 0 Å². The van der Waals surface area contributed by atoms with E-state index < -0.39 is 16.1 Å². The predicted octanol–water partition coefficient (Wildman–Crippen LogP) is 3.57. The van der Waals surface area contributed by atoms with E-state index in [1.165, 1.54) is 5.19 Å². The SMILES string of the molecule is C[Si](C)(C)/C=C\[Si](C)(C)c1ccccc1. The van der Waals surface area contributed by atoms with E-state index in [4.69, 9.17) is 0 Å². The van der Waals surface area contributed by atoms with Crippen LogP contribution in [0.3, 0.4) is 0 Å². The van der Waals surface area contributed by atoms with Crippen LogP contribution in [0.2, 0.25) is 32.7 Å². The summed E-state index contributed by atoms with van der Waals surface area (Å²) < 4.78 is 0. The van der Waals surface area contributed by atoms with Crippen LogP contribution in [0.5, 0.6) is 0 Å². The van der Waals surface area contributed by atoms with Crippen molar-refractivity contribution in [2.75, 3.05) is 0 Å². The average molecular weight is 234 g/mol. The minimum absolute atomic E-state index is 1.05. The quantitative estimate of drug-likeness (QED) is 0.701. The molecule has 1 aromatic carbocycles. The predicted molar refractivity (Wildman–Crippen MR) is 76.0 cm³/mol. The first-order chi connectivity index (χ1) is 6.81. The highest BCUT2D eigenvalue weighted by molar-refractivity contribution is 6.95. The van der Waals surface area contributed by atoms with Gasteiger partial charge in [0.15, 0.2) is 0 Å². The van der Waals surface area contributed by atoms with Crippen molar-refractivity contribution >= 4 is 21.3 Å². The van der Waals surface area contributed by atoms with Crippen LogP contribution >= 0.6 is 0 Å². The molecule has 0 saturated heterocycles. The first-order valence-corrected chi connectivity index (χ1v) is 12.2. The zero-order chi connectivity index (χ0) is 11.5. The molecule has 2 heteroatoms. The van der Waals surface area contributed by atoms with E-state index in [-0.39, 0.29) is 0 Å². The van der Waals surface area contributed by atoms with E-state index in [1.54, 1.807) is 0 Å². The van der Waals surface area contributed by atoms with E-state index in [0.29, 0.717) is 0 Å². The van der Waals surface area contributed by atoms with Gasteiger partial charge in [0.1, 0.15) is 8.07 Å². The maximum absolute atomic E-state index is 2.51. The molecule has 1 aromatic rings. The number of benzene rings is 1. The minimum atomic E-state index is -1.34. The van der Waals surface area contributed by atoms with Crippen molar-refractivity contribution in [1.29, 1.82) is 0 Å². The molecule has 0 amide bonds. The molecule has 0 radical (unpaired) electrons. The molecule has 0 nitrogen and oxygen atoms in total. The molecule has 82 valence electrons. The Morgan fingerprint density at radius 1 is 0.800 bits per heavy atom.